The minimum atomic E-state index is 0.514. The molecule has 0 saturated carbocycles. The largest absolute Gasteiger partial charge is 0.356 e. The fraction of sp³-hybridized carbons (Fsp3) is 0.565. The number of aryl methyl sites for hydroxylation is 1. The van der Waals surface area contributed by atoms with Crippen LogP contribution in [0.25, 0.3) is 0 Å². The van der Waals surface area contributed by atoms with Crippen molar-refractivity contribution in [2.24, 2.45) is 11.8 Å². The van der Waals surface area contributed by atoms with Gasteiger partial charge in [-0.25, -0.2) is 9.97 Å². The molecule has 0 unspecified atom stereocenters. The summed E-state index contributed by atoms with van der Waals surface area (Å²) in [6.45, 7) is 7.87. The molecule has 1 aromatic carbocycles. The molecule has 3 atom stereocenters. The van der Waals surface area contributed by atoms with Gasteiger partial charge >= 0.3 is 0 Å². The molecule has 3 saturated heterocycles. The quantitative estimate of drug-likeness (QED) is 0.818. The van der Waals surface area contributed by atoms with E-state index in [-0.39, 0.29) is 0 Å². The van der Waals surface area contributed by atoms with Crippen molar-refractivity contribution >= 4 is 11.6 Å². The number of rotatable bonds is 3. The molecule has 2 aromatic rings. The maximum absolute atomic E-state index is 4.65. The van der Waals surface area contributed by atoms with E-state index in [1.165, 1.54) is 36.9 Å². The topological polar surface area (TPSA) is 35.5 Å². The maximum atomic E-state index is 4.65. The lowest BCUT2D eigenvalue weighted by molar-refractivity contribution is 0.279. The number of hydrogen-bond donors (Lipinski definition) is 0. The number of fused-ring (bicyclic) bond motifs is 1. The molecular weight excluding hydrogens is 346 g/mol. The summed E-state index contributed by atoms with van der Waals surface area (Å²) in [5.41, 5.74) is 2.91. The van der Waals surface area contributed by atoms with Crippen LogP contribution < -0.4 is 9.80 Å². The molecular formula is C23H31N5. The van der Waals surface area contributed by atoms with Crippen molar-refractivity contribution in [3.63, 3.8) is 0 Å². The SMILES string of the molecule is Cc1ccccc1[C@H]1[C@@H]2CN(c3cc(N4CCCCC4)ncn3)C[C@@H]2CN1C. The first-order chi connectivity index (χ1) is 13.7. The van der Waals surface area contributed by atoms with Gasteiger partial charge < -0.3 is 9.80 Å². The molecule has 0 spiro atoms. The second-order valence-corrected chi connectivity index (χ2v) is 8.85. The standard InChI is InChI=1S/C23H31N5/c1-17-8-4-5-9-19(17)23-20-15-28(14-18(20)13-26(23)2)22-12-21(24-16-25-22)27-10-6-3-7-11-27/h4-5,8-9,12,16,18,20,23H,3,6-7,10-11,13-15H2,1-2H3/t18-,20+,23-/m0/s1. The maximum Gasteiger partial charge on any atom is 0.134 e. The van der Waals surface area contributed by atoms with E-state index in [1.54, 1.807) is 6.33 Å². The average Bonchev–Trinajstić information content (AvgIpc) is 3.26. The Kier molecular flexibility index (Phi) is 4.71. The summed E-state index contributed by atoms with van der Waals surface area (Å²) in [5, 5.41) is 0. The molecule has 0 bridgehead atoms. The number of likely N-dealkylation sites (tertiary alicyclic amines) is 1. The molecule has 1 aromatic heterocycles. The molecule has 0 radical (unpaired) electrons. The molecule has 0 amide bonds. The van der Waals surface area contributed by atoms with E-state index in [9.17, 15) is 0 Å². The Morgan fingerprint density at radius 2 is 1.64 bits per heavy atom. The Bertz CT molecular complexity index is 831. The number of benzene rings is 1. The first-order valence-corrected chi connectivity index (χ1v) is 10.8. The smallest absolute Gasteiger partial charge is 0.134 e. The first-order valence-electron chi connectivity index (χ1n) is 10.8. The van der Waals surface area contributed by atoms with Crippen LogP contribution in [0.5, 0.6) is 0 Å². The van der Waals surface area contributed by atoms with E-state index in [4.69, 9.17) is 0 Å². The van der Waals surface area contributed by atoms with Gasteiger partial charge in [-0.2, -0.15) is 0 Å². The van der Waals surface area contributed by atoms with Gasteiger partial charge in [0.15, 0.2) is 0 Å². The number of aromatic nitrogens is 2. The van der Waals surface area contributed by atoms with Crippen molar-refractivity contribution < 1.29 is 0 Å². The van der Waals surface area contributed by atoms with Gasteiger partial charge in [0.25, 0.3) is 0 Å². The summed E-state index contributed by atoms with van der Waals surface area (Å²) >= 11 is 0. The van der Waals surface area contributed by atoms with Gasteiger partial charge in [0, 0.05) is 50.7 Å². The molecule has 5 rings (SSSR count). The third kappa shape index (κ3) is 3.16. The van der Waals surface area contributed by atoms with Crippen LogP contribution in [-0.4, -0.2) is 54.6 Å². The van der Waals surface area contributed by atoms with Crippen LogP contribution in [0, 0.1) is 18.8 Å². The van der Waals surface area contributed by atoms with Crippen LogP contribution in [0.2, 0.25) is 0 Å². The molecule has 5 nitrogen and oxygen atoms in total. The second kappa shape index (κ2) is 7.36. The molecule has 3 aliphatic rings. The Balaban J connectivity index is 1.37. The summed E-state index contributed by atoms with van der Waals surface area (Å²) in [6, 6.07) is 11.6. The lowest BCUT2D eigenvalue weighted by Gasteiger charge is -2.30. The zero-order chi connectivity index (χ0) is 19.1. The Morgan fingerprint density at radius 3 is 2.43 bits per heavy atom. The minimum Gasteiger partial charge on any atom is -0.356 e. The minimum absolute atomic E-state index is 0.514. The second-order valence-electron chi connectivity index (χ2n) is 8.85. The monoisotopic (exact) mass is 377 g/mol. The van der Waals surface area contributed by atoms with Crippen molar-refractivity contribution in [3.05, 3.63) is 47.8 Å². The van der Waals surface area contributed by atoms with Gasteiger partial charge in [0.1, 0.15) is 18.0 Å². The fourth-order valence-electron chi connectivity index (χ4n) is 5.64. The number of nitrogens with zero attached hydrogens (tertiary/aromatic N) is 5. The summed E-state index contributed by atoms with van der Waals surface area (Å²) in [5.74, 6) is 3.59. The molecule has 3 fully saturated rings. The third-order valence-electron chi connectivity index (χ3n) is 7.04. The number of piperidine rings is 1. The highest BCUT2D eigenvalue weighted by Gasteiger charge is 2.46. The van der Waals surface area contributed by atoms with Gasteiger partial charge in [-0.15, -0.1) is 0 Å². The van der Waals surface area contributed by atoms with E-state index in [0.717, 1.165) is 37.8 Å². The lowest BCUT2D eigenvalue weighted by atomic mass is 9.88. The van der Waals surface area contributed by atoms with E-state index in [1.807, 2.05) is 0 Å². The van der Waals surface area contributed by atoms with Crippen LogP contribution in [-0.2, 0) is 0 Å². The average molecular weight is 378 g/mol. The lowest BCUT2D eigenvalue weighted by Crippen LogP contribution is -2.32. The van der Waals surface area contributed by atoms with Gasteiger partial charge in [-0.1, -0.05) is 24.3 Å². The van der Waals surface area contributed by atoms with E-state index < -0.39 is 0 Å². The van der Waals surface area contributed by atoms with Crippen LogP contribution >= 0.6 is 0 Å². The van der Waals surface area contributed by atoms with Crippen LogP contribution in [0.4, 0.5) is 11.6 Å². The third-order valence-corrected chi connectivity index (χ3v) is 7.04. The fourth-order valence-corrected chi connectivity index (χ4v) is 5.64. The van der Waals surface area contributed by atoms with Gasteiger partial charge in [-0.05, 0) is 50.3 Å². The first kappa shape index (κ1) is 17.9. The van der Waals surface area contributed by atoms with Crippen molar-refractivity contribution in [1.82, 2.24) is 14.9 Å². The van der Waals surface area contributed by atoms with Crippen LogP contribution in [0.1, 0.15) is 36.4 Å². The zero-order valence-electron chi connectivity index (χ0n) is 17.1. The van der Waals surface area contributed by atoms with E-state index in [0.29, 0.717) is 17.9 Å². The van der Waals surface area contributed by atoms with Crippen molar-refractivity contribution in [1.29, 1.82) is 0 Å². The highest BCUT2D eigenvalue weighted by molar-refractivity contribution is 5.51. The highest BCUT2D eigenvalue weighted by atomic mass is 15.3. The molecule has 148 valence electrons. The Hall–Kier alpha value is -2.14. The molecule has 5 heteroatoms. The molecule has 3 aliphatic heterocycles. The number of anilines is 2. The summed E-state index contributed by atoms with van der Waals surface area (Å²) in [6.07, 6.45) is 5.66. The van der Waals surface area contributed by atoms with Crippen molar-refractivity contribution in [2.45, 2.75) is 32.2 Å². The zero-order valence-corrected chi connectivity index (χ0v) is 17.1. The predicted molar refractivity (Wildman–Crippen MR) is 114 cm³/mol. The summed E-state index contributed by atoms with van der Waals surface area (Å²) < 4.78 is 0. The van der Waals surface area contributed by atoms with E-state index >= 15 is 0 Å². The van der Waals surface area contributed by atoms with Crippen LogP contribution in [0.15, 0.2) is 36.7 Å². The molecule has 4 heterocycles. The summed E-state index contributed by atoms with van der Waals surface area (Å²) in [7, 11) is 2.29. The molecule has 28 heavy (non-hydrogen) atoms. The Morgan fingerprint density at radius 1 is 0.893 bits per heavy atom. The number of hydrogen-bond acceptors (Lipinski definition) is 5. The van der Waals surface area contributed by atoms with E-state index in [2.05, 4.69) is 69.0 Å². The Labute approximate surface area is 168 Å². The molecule has 0 N–H and O–H groups in total. The van der Waals surface area contributed by atoms with Crippen LogP contribution in [0.3, 0.4) is 0 Å². The van der Waals surface area contributed by atoms with Crippen molar-refractivity contribution in [3.8, 4) is 0 Å². The normalized spacial score (nSPS) is 28.0. The summed E-state index contributed by atoms with van der Waals surface area (Å²) in [4.78, 5) is 16.7. The van der Waals surface area contributed by atoms with Gasteiger partial charge in [0.2, 0.25) is 0 Å². The highest BCUT2D eigenvalue weighted by Crippen LogP contribution is 2.45. The predicted octanol–water partition coefficient (Wildman–Crippen LogP) is 3.51. The van der Waals surface area contributed by atoms with Gasteiger partial charge in [-0.3, -0.25) is 4.90 Å². The van der Waals surface area contributed by atoms with Gasteiger partial charge in [0.05, 0.1) is 0 Å². The van der Waals surface area contributed by atoms with Crippen molar-refractivity contribution in [2.75, 3.05) is 49.6 Å². The molecule has 0 aliphatic carbocycles.